The summed E-state index contributed by atoms with van der Waals surface area (Å²) >= 11 is 6.49. The predicted molar refractivity (Wildman–Crippen MR) is 104 cm³/mol. The van der Waals surface area contributed by atoms with Crippen LogP contribution in [0.25, 0.3) is 22.0 Å². The van der Waals surface area contributed by atoms with Gasteiger partial charge in [0.15, 0.2) is 0 Å². The molecular formula is C20H19ClN2O3. The molecule has 3 N–H and O–H groups in total. The molecule has 26 heavy (non-hydrogen) atoms. The summed E-state index contributed by atoms with van der Waals surface area (Å²) in [5.41, 5.74) is 8.08. The molecule has 0 aliphatic heterocycles. The monoisotopic (exact) mass is 370 g/mol. The summed E-state index contributed by atoms with van der Waals surface area (Å²) in [6.45, 7) is 5.12. The second kappa shape index (κ2) is 7.64. The van der Waals surface area contributed by atoms with Gasteiger partial charge in [-0.2, -0.15) is 0 Å². The molecule has 5 nitrogen and oxygen atoms in total. The number of hydrogen-bond donors (Lipinski definition) is 2. The van der Waals surface area contributed by atoms with Crippen LogP contribution in [0, 0.1) is 0 Å². The van der Waals surface area contributed by atoms with Crippen LogP contribution in [0.2, 0.25) is 5.02 Å². The smallest absolute Gasteiger partial charge is 0.337 e. The van der Waals surface area contributed by atoms with Gasteiger partial charge in [-0.3, -0.25) is 0 Å². The van der Waals surface area contributed by atoms with E-state index in [1.54, 1.807) is 18.3 Å². The molecule has 0 amide bonds. The van der Waals surface area contributed by atoms with Gasteiger partial charge >= 0.3 is 5.97 Å². The van der Waals surface area contributed by atoms with Gasteiger partial charge in [-0.25, -0.2) is 4.79 Å². The van der Waals surface area contributed by atoms with Crippen LogP contribution < -0.4 is 10.5 Å². The zero-order valence-electron chi connectivity index (χ0n) is 14.1. The lowest BCUT2D eigenvalue weighted by atomic mass is 10.0. The van der Waals surface area contributed by atoms with Gasteiger partial charge in [0.05, 0.1) is 16.1 Å². The molecule has 1 heterocycles. The van der Waals surface area contributed by atoms with Crippen molar-refractivity contribution in [2.24, 2.45) is 5.73 Å². The fourth-order valence-electron chi connectivity index (χ4n) is 2.90. The Bertz CT molecular complexity index is 961. The summed E-state index contributed by atoms with van der Waals surface area (Å²) in [6, 6.07) is 11.1. The largest absolute Gasteiger partial charge is 0.492 e. The number of fused-ring (bicyclic) bond motifs is 1. The van der Waals surface area contributed by atoms with Crippen LogP contribution in [0.1, 0.15) is 10.4 Å². The number of aromatic nitrogens is 1. The quantitative estimate of drug-likeness (QED) is 0.611. The standard InChI is InChI=1S/C20H19ClN2O3/c1-2-8-23-12-17(20(24)25)16-10-15(18(21)11-19(16)23)13-3-5-14(6-4-13)26-9-7-22/h2-6,10-12H,1,7-9,22H2,(H,24,25). The van der Waals surface area contributed by atoms with E-state index in [9.17, 15) is 9.90 Å². The topological polar surface area (TPSA) is 77.5 Å². The first-order valence-electron chi connectivity index (χ1n) is 8.15. The van der Waals surface area contributed by atoms with Crippen LogP contribution in [0.5, 0.6) is 5.75 Å². The maximum Gasteiger partial charge on any atom is 0.337 e. The Labute approximate surface area is 156 Å². The van der Waals surface area contributed by atoms with Crippen molar-refractivity contribution in [3.05, 3.63) is 65.8 Å². The number of benzene rings is 2. The Balaban J connectivity index is 2.09. The van der Waals surface area contributed by atoms with E-state index in [4.69, 9.17) is 22.1 Å². The van der Waals surface area contributed by atoms with E-state index in [1.807, 2.05) is 34.9 Å². The molecule has 0 aliphatic rings. The third-order valence-corrected chi connectivity index (χ3v) is 4.39. The number of carboxylic acid groups (broad SMARTS) is 1. The number of halogens is 1. The third kappa shape index (κ3) is 3.45. The molecule has 1 aromatic heterocycles. The zero-order chi connectivity index (χ0) is 18.7. The summed E-state index contributed by atoms with van der Waals surface area (Å²) in [7, 11) is 0. The van der Waals surface area contributed by atoms with Crippen LogP contribution in [-0.2, 0) is 6.54 Å². The van der Waals surface area contributed by atoms with Crippen molar-refractivity contribution in [3.8, 4) is 16.9 Å². The number of hydrogen-bond acceptors (Lipinski definition) is 3. The van der Waals surface area contributed by atoms with Gasteiger partial charge < -0.3 is 20.1 Å². The number of nitrogens with two attached hydrogens (primary N) is 1. The predicted octanol–water partition coefficient (Wildman–Crippen LogP) is 4.18. The molecule has 3 aromatic rings. The number of nitrogens with zero attached hydrogens (tertiary/aromatic N) is 1. The van der Waals surface area contributed by atoms with Crippen molar-refractivity contribution >= 4 is 28.5 Å². The lowest BCUT2D eigenvalue weighted by molar-refractivity contribution is 0.0699. The van der Waals surface area contributed by atoms with Gasteiger partial charge in [0.25, 0.3) is 0 Å². The van der Waals surface area contributed by atoms with Gasteiger partial charge in [0.1, 0.15) is 12.4 Å². The van der Waals surface area contributed by atoms with E-state index in [-0.39, 0.29) is 5.56 Å². The molecule has 0 spiro atoms. The molecule has 0 fully saturated rings. The summed E-state index contributed by atoms with van der Waals surface area (Å²) in [6.07, 6.45) is 3.32. The van der Waals surface area contributed by atoms with Crippen LogP contribution in [0.3, 0.4) is 0 Å². The average molecular weight is 371 g/mol. The lowest BCUT2D eigenvalue weighted by Crippen LogP contribution is -2.10. The molecule has 0 saturated heterocycles. The Kier molecular flexibility index (Phi) is 5.30. The highest BCUT2D eigenvalue weighted by atomic mass is 35.5. The van der Waals surface area contributed by atoms with Gasteiger partial charge in [-0.05, 0) is 29.8 Å². The highest BCUT2D eigenvalue weighted by molar-refractivity contribution is 6.34. The van der Waals surface area contributed by atoms with Gasteiger partial charge in [-0.1, -0.05) is 29.8 Å². The van der Waals surface area contributed by atoms with Crippen LogP contribution in [0.15, 0.2) is 55.3 Å². The lowest BCUT2D eigenvalue weighted by Gasteiger charge is -2.09. The molecule has 3 rings (SSSR count). The van der Waals surface area contributed by atoms with Crippen LogP contribution >= 0.6 is 11.6 Å². The molecule has 134 valence electrons. The number of allylic oxidation sites excluding steroid dienone is 1. The number of carbonyl (C=O) groups is 1. The maximum atomic E-state index is 11.6. The van der Waals surface area contributed by atoms with Gasteiger partial charge in [-0.15, -0.1) is 6.58 Å². The van der Waals surface area contributed by atoms with Gasteiger partial charge in [0, 0.05) is 30.2 Å². The van der Waals surface area contributed by atoms with E-state index in [0.29, 0.717) is 30.1 Å². The number of carboxylic acids is 1. The first-order chi connectivity index (χ1) is 12.5. The first kappa shape index (κ1) is 18.0. The summed E-state index contributed by atoms with van der Waals surface area (Å²) in [4.78, 5) is 11.6. The van der Waals surface area contributed by atoms with E-state index in [1.165, 1.54) is 0 Å². The molecule has 0 radical (unpaired) electrons. The Morgan fingerprint density at radius 1 is 1.31 bits per heavy atom. The second-order valence-corrected chi connectivity index (χ2v) is 6.21. The van der Waals surface area contributed by atoms with E-state index < -0.39 is 5.97 Å². The summed E-state index contributed by atoms with van der Waals surface area (Å²) in [5, 5.41) is 10.7. The van der Waals surface area contributed by atoms with Crippen molar-refractivity contribution < 1.29 is 14.6 Å². The Morgan fingerprint density at radius 2 is 2.04 bits per heavy atom. The van der Waals surface area contributed by atoms with Crippen molar-refractivity contribution in [1.82, 2.24) is 4.57 Å². The second-order valence-electron chi connectivity index (χ2n) is 5.80. The molecule has 0 bridgehead atoms. The average Bonchev–Trinajstić information content (AvgIpc) is 2.98. The highest BCUT2D eigenvalue weighted by Crippen LogP contribution is 2.35. The minimum absolute atomic E-state index is 0.239. The van der Waals surface area contributed by atoms with Crippen LogP contribution in [0.4, 0.5) is 0 Å². The number of ether oxygens (including phenoxy) is 1. The molecule has 0 aliphatic carbocycles. The number of aromatic carboxylic acids is 1. The fourth-order valence-corrected chi connectivity index (χ4v) is 3.17. The minimum Gasteiger partial charge on any atom is -0.492 e. The van der Waals surface area contributed by atoms with Crippen molar-refractivity contribution in [3.63, 3.8) is 0 Å². The minimum atomic E-state index is -0.975. The summed E-state index contributed by atoms with van der Waals surface area (Å²) < 4.78 is 7.30. The molecular weight excluding hydrogens is 352 g/mol. The summed E-state index contributed by atoms with van der Waals surface area (Å²) in [5.74, 6) is -0.253. The maximum absolute atomic E-state index is 11.6. The van der Waals surface area contributed by atoms with Crippen LogP contribution in [-0.4, -0.2) is 28.8 Å². The zero-order valence-corrected chi connectivity index (χ0v) is 14.9. The van der Waals surface area contributed by atoms with E-state index in [2.05, 4.69) is 6.58 Å². The molecule has 0 unspecified atom stereocenters. The van der Waals surface area contributed by atoms with Gasteiger partial charge in [0.2, 0.25) is 0 Å². The Morgan fingerprint density at radius 3 is 2.65 bits per heavy atom. The molecule has 0 atom stereocenters. The fraction of sp³-hybridized carbons (Fsp3) is 0.150. The first-order valence-corrected chi connectivity index (χ1v) is 8.52. The van der Waals surface area contributed by atoms with Crippen molar-refractivity contribution in [2.75, 3.05) is 13.2 Å². The SMILES string of the molecule is C=CCn1cc(C(=O)O)c2cc(-c3ccc(OCCN)cc3)c(Cl)cc21. The highest BCUT2D eigenvalue weighted by Gasteiger charge is 2.17. The van der Waals surface area contributed by atoms with Crippen molar-refractivity contribution in [2.45, 2.75) is 6.54 Å². The van der Waals surface area contributed by atoms with E-state index in [0.717, 1.165) is 22.4 Å². The molecule has 2 aromatic carbocycles. The van der Waals surface area contributed by atoms with E-state index >= 15 is 0 Å². The molecule has 0 saturated carbocycles. The Hall–Kier alpha value is -2.76. The third-order valence-electron chi connectivity index (χ3n) is 4.08. The van der Waals surface area contributed by atoms with Crippen molar-refractivity contribution in [1.29, 1.82) is 0 Å². The molecule has 6 heteroatoms. The number of rotatable bonds is 7. The normalized spacial score (nSPS) is 10.8.